The molecule has 1 heterocycles. The molecule has 1 aliphatic rings. The fraction of sp³-hybridized carbons (Fsp3) is 0.500. The van der Waals surface area contributed by atoms with Crippen molar-refractivity contribution in [1.29, 1.82) is 0 Å². The molecule has 3 N–H and O–H groups in total. The number of carbonyl (C=O) groups excluding carboxylic acids is 2. The van der Waals surface area contributed by atoms with Gasteiger partial charge in [0.15, 0.2) is 6.29 Å². The lowest BCUT2D eigenvalue weighted by Gasteiger charge is -2.39. The fourth-order valence-electron chi connectivity index (χ4n) is 2.27. The van der Waals surface area contributed by atoms with Gasteiger partial charge >= 0.3 is 6.16 Å². The highest BCUT2D eigenvalue weighted by molar-refractivity contribution is 5.79. The van der Waals surface area contributed by atoms with E-state index in [-0.39, 0.29) is 17.9 Å². The summed E-state index contributed by atoms with van der Waals surface area (Å²) in [5, 5.41) is 29.9. The molecule has 9 nitrogen and oxygen atoms in total. The van der Waals surface area contributed by atoms with Crippen LogP contribution < -0.4 is 4.74 Å². The average molecular weight is 356 g/mol. The number of aliphatic hydroxyl groups is 3. The van der Waals surface area contributed by atoms with Crippen LogP contribution in [-0.2, 0) is 14.2 Å². The van der Waals surface area contributed by atoms with E-state index in [1.807, 2.05) is 0 Å². The van der Waals surface area contributed by atoms with Gasteiger partial charge in [0, 0.05) is 0 Å². The van der Waals surface area contributed by atoms with Gasteiger partial charge in [-0.15, -0.1) is 0 Å². The zero-order chi connectivity index (χ0) is 18.4. The molecule has 1 saturated heterocycles. The minimum absolute atomic E-state index is 0.114. The highest BCUT2D eigenvalue weighted by atomic mass is 16.7. The first-order chi connectivity index (χ1) is 12.0. The molecule has 0 radical (unpaired) electrons. The third-order valence-electron chi connectivity index (χ3n) is 3.59. The maximum Gasteiger partial charge on any atom is 0.508 e. The van der Waals surface area contributed by atoms with Crippen molar-refractivity contribution in [3.8, 4) is 5.75 Å². The Morgan fingerprint density at radius 1 is 1.16 bits per heavy atom. The molecule has 1 aromatic carbocycles. The van der Waals surface area contributed by atoms with E-state index >= 15 is 0 Å². The van der Waals surface area contributed by atoms with Crippen LogP contribution in [0, 0.1) is 0 Å². The summed E-state index contributed by atoms with van der Waals surface area (Å²) in [7, 11) is 0. The third kappa shape index (κ3) is 4.67. The molecule has 0 bridgehead atoms. The molecule has 0 spiro atoms. The standard InChI is InChI=1S/C16H20O9/c1-2-22-16(21)23-8-11-12(18)13(19)14(20)15(25-11)24-10-6-4-3-5-9(10)7-17/h3-7,11-15,18-20H,2,8H2,1H3/t11-,12-,13+,14-,15-/m1/s1. The van der Waals surface area contributed by atoms with Crippen LogP contribution in [0.5, 0.6) is 5.75 Å². The third-order valence-corrected chi connectivity index (χ3v) is 3.59. The van der Waals surface area contributed by atoms with E-state index in [9.17, 15) is 24.9 Å². The Bertz CT molecular complexity index is 591. The Labute approximate surface area is 143 Å². The number of aliphatic hydroxyl groups excluding tert-OH is 3. The molecular formula is C16H20O9. The summed E-state index contributed by atoms with van der Waals surface area (Å²) in [6.07, 6.45) is -7.61. The van der Waals surface area contributed by atoms with Crippen LogP contribution in [0.15, 0.2) is 24.3 Å². The molecule has 5 atom stereocenters. The van der Waals surface area contributed by atoms with Crippen LogP contribution in [0.1, 0.15) is 17.3 Å². The van der Waals surface area contributed by atoms with Gasteiger partial charge in [0.1, 0.15) is 36.8 Å². The van der Waals surface area contributed by atoms with E-state index in [4.69, 9.17) is 14.2 Å². The Morgan fingerprint density at radius 2 is 1.88 bits per heavy atom. The zero-order valence-electron chi connectivity index (χ0n) is 13.5. The summed E-state index contributed by atoms with van der Waals surface area (Å²) >= 11 is 0. The molecule has 0 unspecified atom stereocenters. The Hall–Kier alpha value is -2.20. The molecule has 1 aromatic rings. The zero-order valence-corrected chi connectivity index (χ0v) is 13.5. The first-order valence-electron chi connectivity index (χ1n) is 7.68. The van der Waals surface area contributed by atoms with Gasteiger partial charge in [-0.3, -0.25) is 4.79 Å². The molecular weight excluding hydrogens is 336 g/mol. The van der Waals surface area contributed by atoms with Crippen molar-refractivity contribution in [1.82, 2.24) is 0 Å². The van der Waals surface area contributed by atoms with Crippen LogP contribution in [0.4, 0.5) is 4.79 Å². The summed E-state index contributed by atoms with van der Waals surface area (Å²) in [6, 6.07) is 6.24. The van der Waals surface area contributed by atoms with Gasteiger partial charge in [-0.2, -0.15) is 0 Å². The van der Waals surface area contributed by atoms with E-state index < -0.39 is 43.5 Å². The van der Waals surface area contributed by atoms with Gasteiger partial charge < -0.3 is 34.3 Å². The van der Waals surface area contributed by atoms with Gasteiger partial charge in [-0.25, -0.2) is 4.79 Å². The minimum Gasteiger partial charge on any atom is -0.461 e. The molecule has 9 heteroatoms. The van der Waals surface area contributed by atoms with E-state index in [1.54, 1.807) is 19.1 Å². The van der Waals surface area contributed by atoms with Crippen LogP contribution in [-0.4, -0.2) is 71.7 Å². The summed E-state index contributed by atoms with van der Waals surface area (Å²) in [6.45, 7) is 1.29. The molecule has 0 aliphatic carbocycles. The molecule has 25 heavy (non-hydrogen) atoms. The van der Waals surface area contributed by atoms with Crippen molar-refractivity contribution >= 4 is 12.4 Å². The molecule has 138 valence electrons. The Kier molecular flexibility index (Phi) is 6.71. The second-order valence-corrected chi connectivity index (χ2v) is 5.28. The monoisotopic (exact) mass is 356 g/mol. The van der Waals surface area contributed by atoms with E-state index in [0.717, 1.165) is 0 Å². The first kappa shape index (κ1) is 19.1. The first-order valence-corrected chi connectivity index (χ1v) is 7.68. The molecule has 0 amide bonds. The summed E-state index contributed by atoms with van der Waals surface area (Å²) < 4.78 is 20.2. The van der Waals surface area contributed by atoms with Crippen LogP contribution >= 0.6 is 0 Å². The lowest BCUT2D eigenvalue weighted by Crippen LogP contribution is -2.60. The number of aldehydes is 1. The number of para-hydroxylation sites is 1. The summed E-state index contributed by atoms with van der Waals surface area (Å²) in [5.41, 5.74) is 0.221. The predicted molar refractivity (Wildman–Crippen MR) is 82.1 cm³/mol. The van der Waals surface area contributed by atoms with Crippen molar-refractivity contribution in [2.24, 2.45) is 0 Å². The topological polar surface area (TPSA) is 132 Å². The molecule has 0 saturated carbocycles. The molecule has 1 fully saturated rings. The summed E-state index contributed by atoms with van der Waals surface area (Å²) in [4.78, 5) is 22.3. The maximum absolute atomic E-state index is 11.2. The van der Waals surface area contributed by atoms with Gasteiger partial charge in [0.05, 0.1) is 12.2 Å². The van der Waals surface area contributed by atoms with Gasteiger partial charge in [0.2, 0.25) is 6.29 Å². The maximum atomic E-state index is 11.2. The highest BCUT2D eigenvalue weighted by Crippen LogP contribution is 2.26. The van der Waals surface area contributed by atoms with Gasteiger partial charge in [-0.1, -0.05) is 12.1 Å². The number of benzene rings is 1. The highest BCUT2D eigenvalue weighted by Gasteiger charge is 2.45. The smallest absolute Gasteiger partial charge is 0.461 e. The van der Waals surface area contributed by atoms with Gasteiger partial charge in [-0.05, 0) is 19.1 Å². The average Bonchev–Trinajstić information content (AvgIpc) is 2.61. The van der Waals surface area contributed by atoms with Crippen molar-refractivity contribution in [3.63, 3.8) is 0 Å². The van der Waals surface area contributed by atoms with E-state index in [1.165, 1.54) is 12.1 Å². The lowest BCUT2D eigenvalue weighted by molar-refractivity contribution is -0.277. The molecule has 1 aliphatic heterocycles. The van der Waals surface area contributed by atoms with Crippen LogP contribution in [0.25, 0.3) is 0 Å². The Morgan fingerprint density at radius 3 is 2.56 bits per heavy atom. The van der Waals surface area contributed by atoms with Crippen molar-refractivity contribution < 1.29 is 43.9 Å². The predicted octanol–water partition coefficient (Wildman–Crippen LogP) is -0.141. The van der Waals surface area contributed by atoms with Crippen molar-refractivity contribution in [3.05, 3.63) is 29.8 Å². The van der Waals surface area contributed by atoms with Crippen LogP contribution in [0.3, 0.4) is 0 Å². The molecule has 0 aromatic heterocycles. The van der Waals surface area contributed by atoms with Gasteiger partial charge in [0.25, 0.3) is 0 Å². The summed E-state index contributed by atoms with van der Waals surface area (Å²) in [5.74, 6) is 0.134. The number of hydrogen-bond donors (Lipinski definition) is 3. The minimum atomic E-state index is -1.60. The fourth-order valence-corrected chi connectivity index (χ4v) is 2.27. The van der Waals surface area contributed by atoms with E-state index in [0.29, 0.717) is 6.29 Å². The quantitative estimate of drug-likeness (QED) is 0.470. The number of rotatable bonds is 6. The second-order valence-electron chi connectivity index (χ2n) is 5.28. The Balaban J connectivity index is 2.07. The van der Waals surface area contributed by atoms with Crippen molar-refractivity contribution in [2.45, 2.75) is 37.6 Å². The lowest BCUT2D eigenvalue weighted by atomic mass is 9.99. The van der Waals surface area contributed by atoms with Crippen LogP contribution in [0.2, 0.25) is 0 Å². The largest absolute Gasteiger partial charge is 0.508 e. The number of hydrogen-bond acceptors (Lipinski definition) is 9. The van der Waals surface area contributed by atoms with Crippen molar-refractivity contribution in [2.75, 3.05) is 13.2 Å². The SMILES string of the molecule is CCOC(=O)OC[C@H]1O[C@@H](Oc2ccccc2C=O)[C@H](O)[C@@H](O)[C@@H]1O. The molecule has 2 rings (SSSR count). The second kappa shape index (κ2) is 8.77. The number of ether oxygens (including phenoxy) is 4. The number of carbonyl (C=O) groups is 2. The normalized spacial score (nSPS) is 28.9. The van der Waals surface area contributed by atoms with E-state index in [2.05, 4.69) is 4.74 Å².